The molecule has 6 amide bonds. The Kier molecular flexibility index (Phi) is 16.0. The van der Waals surface area contributed by atoms with Crippen LogP contribution in [0.2, 0.25) is 0 Å². The SMILES string of the molecule is CCc1c(CNC(=O)NC(C)(C)CC(C)(C)C)c(CC)c(CNC(=O)NC(C)(C)CC(C)(C)C)c(CC)c1CNC(=O)NC(C)(C)CC(C)(C)C. The Bertz CT molecular complexity index is 1160. The molecule has 0 radical (unpaired) electrons. The number of amides is 6. The number of nitrogens with one attached hydrogen (secondary N) is 6. The minimum Gasteiger partial charge on any atom is -0.334 e. The second-order valence-corrected chi connectivity index (χ2v) is 20.2. The Balaban J connectivity index is 3.62. The van der Waals surface area contributed by atoms with Gasteiger partial charge >= 0.3 is 18.1 Å². The summed E-state index contributed by atoms with van der Waals surface area (Å²) < 4.78 is 0. The molecule has 0 heterocycles. The molecule has 0 aliphatic carbocycles. The van der Waals surface area contributed by atoms with Crippen molar-refractivity contribution in [1.29, 1.82) is 0 Å². The van der Waals surface area contributed by atoms with E-state index in [2.05, 4.69) is 157 Å². The van der Waals surface area contributed by atoms with Gasteiger partial charge in [-0.2, -0.15) is 0 Å². The van der Waals surface area contributed by atoms with Gasteiger partial charge in [0.25, 0.3) is 0 Å². The van der Waals surface area contributed by atoms with Crippen molar-refractivity contribution in [2.75, 3.05) is 0 Å². The molecule has 0 saturated carbocycles. The maximum absolute atomic E-state index is 13.4. The Labute approximate surface area is 312 Å². The van der Waals surface area contributed by atoms with Crippen LogP contribution in [0.15, 0.2) is 0 Å². The number of rotatable bonds is 15. The molecule has 294 valence electrons. The average Bonchev–Trinajstić information content (AvgIpc) is 2.87. The van der Waals surface area contributed by atoms with Crippen LogP contribution in [-0.2, 0) is 38.9 Å². The van der Waals surface area contributed by atoms with Crippen LogP contribution in [-0.4, -0.2) is 34.7 Å². The third-order valence-corrected chi connectivity index (χ3v) is 8.80. The van der Waals surface area contributed by atoms with Crippen molar-refractivity contribution < 1.29 is 14.4 Å². The molecule has 0 aromatic heterocycles. The van der Waals surface area contributed by atoms with Gasteiger partial charge in [0, 0.05) is 36.3 Å². The second kappa shape index (κ2) is 17.7. The van der Waals surface area contributed by atoms with Crippen molar-refractivity contribution in [3.05, 3.63) is 33.4 Å². The van der Waals surface area contributed by atoms with Gasteiger partial charge in [-0.1, -0.05) is 83.1 Å². The number of carbonyl (C=O) groups is 3. The summed E-state index contributed by atoms with van der Waals surface area (Å²) >= 11 is 0. The first-order chi connectivity index (χ1) is 22.9. The molecule has 1 aromatic rings. The highest BCUT2D eigenvalue weighted by Gasteiger charge is 2.30. The van der Waals surface area contributed by atoms with Gasteiger partial charge in [-0.25, -0.2) is 14.4 Å². The van der Waals surface area contributed by atoms with Crippen molar-refractivity contribution in [3.8, 4) is 0 Å². The highest BCUT2D eigenvalue weighted by molar-refractivity contribution is 5.76. The van der Waals surface area contributed by atoms with Crippen LogP contribution in [0, 0.1) is 16.2 Å². The minimum atomic E-state index is -0.387. The second-order valence-electron chi connectivity index (χ2n) is 20.2. The first-order valence-electron chi connectivity index (χ1n) is 19.3. The van der Waals surface area contributed by atoms with E-state index in [4.69, 9.17) is 0 Å². The Morgan fingerprint density at radius 3 is 0.725 bits per heavy atom. The standard InChI is InChI=1S/C42H78N6O3/c1-19-28-31(22-43-34(49)46-40(13,14)25-37(4,5)6)29(20-2)33(24-45-36(51)48-42(17,18)27-39(10,11)12)30(21-3)32(28)23-44-35(50)47-41(15,16)26-38(7,8)9/h19-27H2,1-18H3,(H2,43,46,49)(H2,44,47,50)(H2,45,48,51). The molecule has 0 aliphatic rings. The van der Waals surface area contributed by atoms with Gasteiger partial charge in [0.1, 0.15) is 0 Å². The number of hydrogen-bond donors (Lipinski definition) is 6. The first kappa shape index (κ1) is 46.1. The highest BCUT2D eigenvalue weighted by atomic mass is 16.2. The zero-order valence-electron chi connectivity index (χ0n) is 36.1. The summed E-state index contributed by atoms with van der Waals surface area (Å²) in [5, 5.41) is 19.1. The van der Waals surface area contributed by atoms with E-state index in [1.54, 1.807) is 0 Å². The Morgan fingerprint density at radius 2 is 0.569 bits per heavy atom. The molecule has 1 aromatic carbocycles. The van der Waals surface area contributed by atoms with Crippen molar-refractivity contribution in [2.45, 2.75) is 199 Å². The Morgan fingerprint density at radius 1 is 0.373 bits per heavy atom. The van der Waals surface area contributed by atoms with Crippen LogP contribution in [0.1, 0.15) is 177 Å². The van der Waals surface area contributed by atoms with E-state index >= 15 is 0 Å². The lowest BCUT2D eigenvalue weighted by Gasteiger charge is -2.34. The van der Waals surface area contributed by atoms with Crippen molar-refractivity contribution in [1.82, 2.24) is 31.9 Å². The summed E-state index contributed by atoms with van der Waals surface area (Å²) in [6.07, 6.45) is 4.68. The summed E-state index contributed by atoms with van der Waals surface area (Å²) in [6, 6.07) is -0.644. The summed E-state index contributed by atoms with van der Waals surface area (Å²) in [7, 11) is 0. The largest absolute Gasteiger partial charge is 0.334 e. The third-order valence-electron chi connectivity index (χ3n) is 8.80. The van der Waals surface area contributed by atoms with Gasteiger partial charge in [-0.05, 0) is 130 Å². The van der Waals surface area contributed by atoms with Crippen LogP contribution in [0.5, 0.6) is 0 Å². The molecule has 0 aliphatic heterocycles. The van der Waals surface area contributed by atoms with Crippen molar-refractivity contribution >= 4 is 18.1 Å². The fourth-order valence-corrected chi connectivity index (χ4v) is 8.68. The molecule has 0 fully saturated rings. The molecule has 0 unspecified atom stereocenters. The lowest BCUT2D eigenvalue weighted by molar-refractivity contribution is 0.209. The van der Waals surface area contributed by atoms with Gasteiger partial charge in [0.05, 0.1) is 0 Å². The minimum absolute atomic E-state index is 0.0594. The molecular formula is C42H78N6O3. The fourth-order valence-electron chi connectivity index (χ4n) is 8.68. The van der Waals surface area contributed by atoms with Gasteiger partial charge in [-0.3, -0.25) is 0 Å². The lowest BCUT2D eigenvalue weighted by Crippen LogP contribution is -2.50. The molecule has 0 atom stereocenters. The topological polar surface area (TPSA) is 123 Å². The maximum atomic E-state index is 13.4. The summed E-state index contributed by atoms with van der Waals surface area (Å²) in [6.45, 7) is 39.3. The van der Waals surface area contributed by atoms with E-state index in [1.165, 1.54) is 0 Å². The predicted molar refractivity (Wildman–Crippen MR) is 215 cm³/mol. The smallest absolute Gasteiger partial charge is 0.315 e. The molecule has 0 saturated heterocycles. The monoisotopic (exact) mass is 715 g/mol. The maximum Gasteiger partial charge on any atom is 0.315 e. The fraction of sp³-hybridized carbons (Fsp3) is 0.786. The van der Waals surface area contributed by atoms with E-state index in [9.17, 15) is 14.4 Å². The zero-order chi connectivity index (χ0) is 39.8. The van der Waals surface area contributed by atoms with E-state index in [0.29, 0.717) is 19.6 Å². The van der Waals surface area contributed by atoms with E-state index < -0.39 is 0 Å². The molecule has 6 N–H and O–H groups in total. The van der Waals surface area contributed by atoms with Crippen molar-refractivity contribution in [3.63, 3.8) is 0 Å². The number of urea groups is 3. The third kappa shape index (κ3) is 16.9. The lowest BCUT2D eigenvalue weighted by atomic mass is 9.82. The molecule has 0 bridgehead atoms. The number of benzene rings is 1. The summed E-state index contributed by atoms with van der Waals surface area (Å²) in [4.78, 5) is 40.1. The van der Waals surface area contributed by atoms with E-state index in [0.717, 1.165) is 71.9 Å². The van der Waals surface area contributed by atoms with Crippen molar-refractivity contribution in [2.24, 2.45) is 16.2 Å². The molecule has 51 heavy (non-hydrogen) atoms. The quantitative estimate of drug-likeness (QED) is 0.109. The Hall–Kier alpha value is -2.97. The van der Waals surface area contributed by atoms with E-state index in [1.807, 2.05) is 0 Å². The first-order valence-corrected chi connectivity index (χ1v) is 19.3. The van der Waals surface area contributed by atoms with Gasteiger partial charge in [0.15, 0.2) is 0 Å². The van der Waals surface area contributed by atoms with E-state index in [-0.39, 0.29) is 51.0 Å². The van der Waals surface area contributed by atoms with Crippen LogP contribution < -0.4 is 31.9 Å². The van der Waals surface area contributed by atoms with Crippen LogP contribution in [0.3, 0.4) is 0 Å². The molecule has 9 nitrogen and oxygen atoms in total. The molecule has 1 rings (SSSR count). The van der Waals surface area contributed by atoms with Gasteiger partial charge in [-0.15, -0.1) is 0 Å². The normalized spacial score (nSPS) is 13.1. The van der Waals surface area contributed by atoms with Crippen LogP contribution in [0.4, 0.5) is 14.4 Å². The zero-order valence-corrected chi connectivity index (χ0v) is 36.1. The van der Waals surface area contributed by atoms with Crippen LogP contribution in [0.25, 0.3) is 0 Å². The van der Waals surface area contributed by atoms with Crippen LogP contribution >= 0.6 is 0 Å². The summed E-state index contributed by atoms with van der Waals surface area (Å²) in [5.41, 5.74) is 5.57. The molecular weight excluding hydrogens is 637 g/mol. The van der Waals surface area contributed by atoms with Gasteiger partial charge in [0.2, 0.25) is 0 Å². The predicted octanol–water partition coefficient (Wildman–Crippen LogP) is 9.42. The van der Waals surface area contributed by atoms with Gasteiger partial charge < -0.3 is 31.9 Å². The number of hydrogen-bond acceptors (Lipinski definition) is 3. The molecule has 0 spiro atoms. The molecule has 9 heteroatoms. The average molecular weight is 715 g/mol. The number of carbonyl (C=O) groups excluding carboxylic acids is 3. The highest BCUT2D eigenvalue weighted by Crippen LogP contribution is 2.32. The summed E-state index contributed by atoms with van der Waals surface area (Å²) in [5.74, 6) is 0.